The quantitative estimate of drug-likeness (QED) is 0.652. The SMILES string of the molecule is Cc1noc(C)c1S(=O)(=O)N1CCCC(C(=O)Nc2ccc(S(=O)(=O)C3CCCC3)cc2)C1. The highest BCUT2D eigenvalue weighted by molar-refractivity contribution is 7.92. The highest BCUT2D eigenvalue weighted by Crippen LogP contribution is 2.31. The number of sulfone groups is 1. The Bertz CT molecular complexity index is 1210. The molecule has 0 radical (unpaired) electrons. The zero-order valence-electron chi connectivity index (χ0n) is 18.8. The lowest BCUT2D eigenvalue weighted by atomic mass is 9.99. The lowest BCUT2D eigenvalue weighted by Crippen LogP contribution is -2.43. The predicted octanol–water partition coefficient (Wildman–Crippen LogP) is 3.05. The van der Waals surface area contributed by atoms with Gasteiger partial charge in [-0.2, -0.15) is 4.31 Å². The number of aromatic nitrogens is 1. The van der Waals surface area contributed by atoms with Gasteiger partial charge in [0.05, 0.1) is 16.1 Å². The first-order valence-corrected chi connectivity index (χ1v) is 14.2. The summed E-state index contributed by atoms with van der Waals surface area (Å²) in [6.45, 7) is 3.52. The van der Waals surface area contributed by atoms with Crippen LogP contribution in [0.15, 0.2) is 38.6 Å². The van der Waals surface area contributed by atoms with Crippen LogP contribution >= 0.6 is 0 Å². The maximum atomic E-state index is 13.1. The van der Waals surface area contributed by atoms with Crippen molar-refractivity contribution in [2.75, 3.05) is 18.4 Å². The molecular formula is C22H29N3O6S2. The number of hydrogen-bond acceptors (Lipinski definition) is 7. The number of anilines is 1. The van der Waals surface area contributed by atoms with Crippen LogP contribution in [0.3, 0.4) is 0 Å². The summed E-state index contributed by atoms with van der Waals surface area (Å²) < 4.78 is 58.0. The molecule has 1 unspecified atom stereocenters. The van der Waals surface area contributed by atoms with E-state index in [9.17, 15) is 21.6 Å². The molecule has 2 aliphatic rings. The molecule has 2 fully saturated rings. The summed E-state index contributed by atoms with van der Waals surface area (Å²) in [7, 11) is -7.17. The fourth-order valence-corrected chi connectivity index (χ4v) is 8.38. The Labute approximate surface area is 194 Å². The van der Waals surface area contributed by atoms with Crippen molar-refractivity contribution < 1.29 is 26.2 Å². The van der Waals surface area contributed by atoms with Gasteiger partial charge in [-0.25, -0.2) is 16.8 Å². The number of benzene rings is 1. The lowest BCUT2D eigenvalue weighted by Gasteiger charge is -2.31. The van der Waals surface area contributed by atoms with Gasteiger partial charge in [-0.15, -0.1) is 0 Å². The second-order valence-corrected chi connectivity index (χ2v) is 12.9. The molecule has 11 heteroatoms. The third-order valence-corrected chi connectivity index (χ3v) is 10.9. The number of sulfonamides is 1. The van der Waals surface area contributed by atoms with E-state index in [2.05, 4.69) is 10.5 Å². The minimum Gasteiger partial charge on any atom is -0.360 e. The summed E-state index contributed by atoms with van der Waals surface area (Å²) in [5, 5.41) is 6.21. The normalized spacial score (nSPS) is 20.7. The molecule has 1 aromatic heterocycles. The first-order chi connectivity index (χ1) is 15.6. The summed E-state index contributed by atoms with van der Waals surface area (Å²) in [4.78, 5) is 13.2. The predicted molar refractivity (Wildman–Crippen MR) is 122 cm³/mol. The monoisotopic (exact) mass is 495 g/mol. The smallest absolute Gasteiger partial charge is 0.248 e. The van der Waals surface area contributed by atoms with Crippen LogP contribution in [-0.2, 0) is 24.7 Å². The van der Waals surface area contributed by atoms with Crippen LogP contribution in [0, 0.1) is 19.8 Å². The van der Waals surface area contributed by atoms with E-state index in [0.717, 1.165) is 12.8 Å². The molecule has 1 amide bonds. The molecule has 33 heavy (non-hydrogen) atoms. The molecule has 180 valence electrons. The van der Waals surface area contributed by atoms with E-state index in [1.54, 1.807) is 26.0 Å². The summed E-state index contributed by atoms with van der Waals surface area (Å²) in [6, 6.07) is 6.22. The van der Waals surface area contributed by atoms with Gasteiger partial charge >= 0.3 is 0 Å². The Balaban J connectivity index is 1.43. The second-order valence-electron chi connectivity index (χ2n) is 8.82. The van der Waals surface area contributed by atoms with E-state index in [4.69, 9.17) is 4.52 Å². The van der Waals surface area contributed by atoms with Crippen LogP contribution in [0.1, 0.15) is 50.0 Å². The van der Waals surface area contributed by atoms with E-state index in [1.807, 2.05) is 0 Å². The van der Waals surface area contributed by atoms with Crippen molar-refractivity contribution in [3.63, 3.8) is 0 Å². The van der Waals surface area contributed by atoms with Crippen molar-refractivity contribution in [2.24, 2.45) is 5.92 Å². The summed E-state index contributed by atoms with van der Waals surface area (Å²) in [5.41, 5.74) is 0.780. The number of carbonyl (C=O) groups excluding carboxylic acids is 1. The molecule has 1 saturated carbocycles. The average molecular weight is 496 g/mol. The van der Waals surface area contributed by atoms with Crippen molar-refractivity contribution >= 4 is 31.5 Å². The van der Waals surface area contributed by atoms with Crippen LogP contribution in [0.5, 0.6) is 0 Å². The minimum absolute atomic E-state index is 0.0580. The fraction of sp³-hybridized carbons (Fsp3) is 0.545. The standard InChI is InChI=1S/C22H29N3O6S2/c1-15-21(16(2)31-24-15)33(29,30)25-13-5-6-17(14-25)22(26)23-18-9-11-20(12-10-18)32(27,28)19-7-3-4-8-19/h9-12,17,19H,3-8,13-14H2,1-2H3,(H,23,26). The molecule has 9 nitrogen and oxygen atoms in total. The number of amides is 1. The van der Waals surface area contributed by atoms with Gasteiger partial charge in [0.25, 0.3) is 0 Å². The molecule has 4 rings (SSSR count). The average Bonchev–Trinajstić information content (AvgIpc) is 3.45. The topological polar surface area (TPSA) is 127 Å². The highest BCUT2D eigenvalue weighted by atomic mass is 32.2. The van der Waals surface area contributed by atoms with Gasteiger partial charge in [0.2, 0.25) is 15.9 Å². The Hall–Kier alpha value is -2.24. The maximum Gasteiger partial charge on any atom is 0.248 e. The van der Waals surface area contributed by atoms with Crippen LogP contribution in [0.2, 0.25) is 0 Å². The summed E-state index contributed by atoms with van der Waals surface area (Å²) in [6.07, 6.45) is 4.36. The number of aryl methyl sites for hydroxylation is 2. The van der Waals surface area contributed by atoms with E-state index in [1.165, 1.54) is 16.4 Å². The molecule has 0 bridgehead atoms. The molecule has 1 aliphatic carbocycles. The number of carbonyl (C=O) groups is 1. The minimum atomic E-state index is -3.82. The molecule has 1 N–H and O–H groups in total. The van der Waals surface area contributed by atoms with Gasteiger partial charge in [-0.3, -0.25) is 4.79 Å². The zero-order chi connectivity index (χ0) is 23.8. The third-order valence-electron chi connectivity index (χ3n) is 6.51. The van der Waals surface area contributed by atoms with Crippen LogP contribution < -0.4 is 5.32 Å². The molecule has 1 saturated heterocycles. The van der Waals surface area contributed by atoms with Gasteiger partial charge in [0.15, 0.2) is 15.6 Å². The molecule has 0 spiro atoms. The third kappa shape index (κ3) is 4.71. The Morgan fingerprint density at radius 2 is 1.70 bits per heavy atom. The molecular weight excluding hydrogens is 466 g/mol. The molecule has 2 aromatic rings. The Morgan fingerprint density at radius 3 is 2.30 bits per heavy atom. The number of piperidine rings is 1. The van der Waals surface area contributed by atoms with Crippen LogP contribution in [0.25, 0.3) is 0 Å². The van der Waals surface area contributed by atoms with Crippen molar-refractivity contribution in [3.05, 3.63) is 35.7 Å². The number of rotatable bonds is 6. The van der Waals surface area contributed by atoms with Crippen molar-refractivity contribution in [1.29, 1.82) is 0 Å². The van der Waals surface area contributed by atoms with E-state index < -0.39 is 25.8 Å². The first kappa shape index (κ1) is 23.9. The Morgan fingerprint density at radius 1 is 1.03 bits per heavy atom. The van der Waals surface area contributed by atoms with Crippen molar-refractivity contribution in [1.82, 2.24) is 9.46 Å². The first-order valence-electron chi connectivity index (χ1n) is 11.2. The number of hydrogen-bond donors (Lipinski definition) is 1. The lowest BCUT2D eigenvalue weighted by molar-refractivity contribution is -0.120. The van der Waals surface area contributed by atoms with Crippen LogP contribution in [-0.4, -0.2) is 50.5 Å². The Kier molecular flexibility index (Phi) is 6.66. The van der Waals surface area contributed by atoms with Gasteiger partial charge in [0, 0.05) is 18.8 Å². The maximum absolute atomic E-state index is 13.1. The van der Waals surface area contributed by atoms with Gasteiger partial charge in [-0.05, 0) is 63.8 Å². The largest absolute Gasteiger partial charge is 0.360 e. The zero-order valence-corrected chi connectivity index (χ0v) is 20.4. The number of nitrogens with one attached hydrogen (secondary N) is 1. The van der Waals surface area contributed by atoms with Gasteiger partial charge < -0.3 is 9.84 Å². The highest BCUT2D eigenvalue weighted by Gasteiger charge is 2.36. The molecule has 2 heterocycles. The van der Waals surface area contributed by atoms with E-state index in [-0.39, 0.29) is 33.3 Å². The second kappa shape index (κ2) is 9.19. The molecule has 1 aliphatic heterocycles. The van der Waals surface area contributed by atoms with Crippen LogP contribution in [0.4, 0.5) is 5.69 Å². The summed E-state index contributed by atoms with van der Waals surface area (Å²) in [5.74, 6) is -0.581. The molecule has 1 aromatic carbocycles. The van der Waals surface area contributed by atoms with Gasteiger partial charge in [0.1, 0.15) is 10.6 Å². The molecule has 1 atom stereocenters. The van der Waals surface area contributed by atoms with Crippen molar-refractivity contribution in [2.45, 2.75) is 67.4 Å². The number of nitrogens with zero attached hydrogens (tertiary/aromatic N) is 2. The summed E-state index contributed by atoms with van der Waals surface area (Å²) >= 11 is 0. The van der Waals surface area contributed by atoms with Crippen molar-refractivity contribution in [3.8, 4) is 0 Å². The van der Waals surface area contributed by atoms with E-state index >= 15 is 0 Å². The fourth-order valence-electron chi connectivity index (χ4n) is 4.71. The van der Waals surface area contributed by atoms with E-state index in [0.29, 0.717) is 43.6 Å². The van der Waals surface area contributed by atoms with Gasteiger partial charge in [-0.1, -0.05) is 18.0 Å².